The van der Waals surface area contributed by atoms with Crippen LogP contribution in [0.5, 0.6) is 0 Å². The molecule has 2 heterocycles. The van der Waals surface area contributed by atoms with Crippen LogP contribution in [0.15, 0.2) is 41.3 Å². The van der Waals surface area contributed by atoms with Gasteiger partial charge in [0.1, 0.15) is 5.82 Å². The van der Waals surface area contributed by atoms with E-state index < -0.39 is 22.4 Å². The number of likely N-dealkylation sites (tertiary alicyclic amines) is 1. The lowest BCUT2D eigenvalue weighted by molar-refractivity contribution is -0.163. The number of aliphatic hydroxyl groups is 1. The fourth-order valence-corrected chi connectivity index (χ4v) is 7.22. The highest BCUT2D eigenvalue weighted by molar-refractivity contribution is 6.00. The number of nitrogens with zero attached hydrogens (tertiary/aromatic N) is 3. The summed E-state index contributed by atoms with van der Waals surface area (Å²) < 4.78 is 16.1. The van der Waals surface area contributed by atoms with E-state index in [0.29, 0.717) is 25.4 Å². The largest absolute Gasteiger partial charge is 0.387 e. The minimum atomic E-state index is -1.21. The van der Waals surface area contributed by atoms with Gasteiger partial charge in [0.05, 0.1) is 17.7 Å². The van der Waals surface area contributed by atoms with E-state index in [2.05, 4.69) is 0 Å². The average molecular weight is 552 g/mol. The molecule has 1 unspecified atom stereocenters. The number of hydrogen-bond acceptors (Lipinski definition) is 4. The molecule has 2 saturated carbocycles. The van der Waals surface area contributed by atoms with Crippen molar-refractivity contribution >= 4 is 11.8 Å². The number of piperidine rings is 1. The summed E-state index contributed by atoms with van der Waals surface area (Å²) in [5, 5.41) is 12.2. The predicted molar refractivity (Wildman–Crippen MR) is 152 cm³/mol. The van der Waals surface area contributed by atoms with Crippen LogP contribution in [0.3, 0.4) is 0 Å². The Labute approximate surface area is 236 Å². The molecule has 2 atom stereocenters. The Morgan fingerprint density at radius 3 is 2.42 bits per heavy atom. The number of rotatable bonds is 7. The van der Waals surface area contributed by atoms with Crippen LogP contribution < -0.4 is 5.56 Å². The summed E-state index contributed by atoms with van der Waals surface area (Å²) in [4.78, 5) is 43.4. The van der Waals surface area contributed by atoms with Crippen LogP contribution in [0.2, 0.25) is 0 Å². The first-order valence-corrected chi connectivity index (χ1v) is 14.8. The van der Waals surface area contributed by atoms with Gasteiger partial charge in [-0.15, -0.1) is 0 Å². The lowest BCUT2D eigenvalue weighted by atomic mass is 9.65. The Morgan fingerprint density at radius 2 is 1.80 bits per heavy atom. The summed E-state index contributed by atoms with van der Waals surface area (Å²) >= 11 is 0. The molecule has 1 N–H and O–H groups in total. The van der Waals surface area contributed by atoms with E-state index in [-0.39, 0.29) is 41.0 Å². The molecule has 40 heavy (non-hydrogen) atoms. The zero-order valence-electron chi connectivity index (χ0n) is 24.0. The number of aromatic nitrogens is 1. The smallest absolute Gasteiger partial charge is 0.255 e. The van der Waals surface area contributed by atoms with Crippen LogP contribution in [-0.4, -0.2) is 64.1 Å². The molecule has 1 saturated heterocycles. The van der Waals surface area contributed by atoms with Crippen LogP contribution in [-0.2, 0) is 11.3 Å². The standard InChI is InChI=1S/C32H42FN3O4/c1-22(17-23-9-8-10-23)29(38)35-16-15-32(40,31(20-35)13-6-7-14-31)21-36-19-26(30(39)34(2)3)25(18-28(36)37)24-11-4-5-12-27(24)33/h4-5,11-12,18-19,22-23,40H,6-10,13-17,20-21H2,1-3H3/t22?,32-/m0/s1. The van der Waals surface area contributed by atoms with Crippen LogP contribution in [0.25, 0.3) is 11.1 Å². The van der Waals surface area contributed by atoms with Gasteiger partial charge in [-0.25, -0.2) is 4.39 Å². The summed E-state index contributed by atoms with van der Waals surface area (Å²) in [5.74, 6) is -0.0667. The summed E-state index contributed by atoms with van der Waals surface area (Å²) in [6.45, 7) is 2.99. The summed E-state index contributed by atoms with van der Waals surface area (Å²) in [7, 11) is 3.23. The number of carbonyl (C=O) groups is 2. The van der Waals surface area contributed by atoms with E-state index in [0.717, 1.165) is 32.1 Å². The van der Waals surface area contributed by atoms with Crippen molar-refractivity contribution in [2.75, 3.05) is 27.2 Å². The second-order valence-electron chi connectivity index (χ2n) is 12.7. The third-order valence-corrected chi connectivity index (χ3v) is 9.84. The number of pyridine rings is 1. The normalized spacial score (nSPS) is 23.2. The Kier molecular flexibility index (Phi) is 7.92. The Morgan fingerprint density at radius 1 is 1.10 bits per heavy atom. The van der Waals surface area contributed by atoms with Crippen molar-refractivity contribution in [3.63, 3.8) is 0 Å². The molecule has 2 aliphatic carbocycles. The Bertz CT molecular complexity index is 1330. The van der Waals surface area contributed by atoms with Crippen molar-refractivity contribution < 1.29 is 19.1 Å². The number of benzene rings is 1. The third-order valence-electron chi connectivity index (χ3n) is 9.84. The lowest BCUT2D eigenvalue weighted by Crippen LogP contribution is -2.62. The van der Waals surface area contributed by atoms with Gasteiger partial charge >= 0.3 is 0 Å². The van der Waals surface area contributed by atoms with Crippen molar-refractivity contribution in [2.24, 2.45) is 17.3 Å². The zero-order valence-corrected chi connectivity index (χ0v) is 24.0. The maximum absolute atomic E-state index is 14.7. The summed E-state index contributed by atoms with van der Waals surface area (Å²) in [6, 6.07) is 7.40. The van der Waals surface area contributed by atoms with Crippen LogP contribution in [0, 0.1) is 23.1 Å². The van der Waals surface area contributed by atoms with Crippen molar-refractivity contribution in [3.8, 4) is 11.1 Å². The molecule has 7 nitrogen and oxygen atoms in total. The second kappa shape index (κ2) is 11.1. The molecular formula is C32H42FN3O4. The summed E-state index contributed by atoms with van der Waals surface area (Å²) in [5.41, 5.74) is -1.49. The van der Waals surface area contributed by atoms with Gasteiger partial charge in [0.15, 0.2) is 0 Å². The second-order valence-corrected chi connectivity index (χ2v) is 12.7. The molecule has 0 radical (unpaired) electrons. The highest BCUT2D eigenvalue weighted by Crippen LogP contribution is 2.52. The predicted octanol–water partition coefficient (Wildman–Crippen LogP) is 4.71. The van der Waals surface area contributed by atoms with Gasteiger partial charge in [0, 0.05) is 61.9 Å². The van der Waals surface area contributed by atoms with E-state index in [9.17, 15) is 23.9 Å². The maximum atomic E-state index is 14.7. The quantitative estimate of drug-likeness (QED) is 0.541. The molecule has 1 aromatic heterocycles. The molecule has 1 aliphatic heterocycles. The van der Waals surface area contributed by atoms with Gasteiger partial charge in [0.25, 0.3) is 11.5 Å². The third kappa shape index (κ3) is 5.22. The van der Waals surface area contributed by atoms with Gasteiger partial charge in [-0.1, -0.05) is 57.2 Å². The lowest BCUT2D eigenvalue weighted by Gasteiger charge is -2.53. The first-order chi connectivity index (χ1) is 19.0. The monoisotopic (exact) mass is 551 g/mol. The molecule has 2 amide bonds. The zero-order chi connectivity index (χ0) is 28.7. The molecule has 1 aromatic carbocycles. The van der Waals surface area contributed by atoms with E-state index in [1.807, 2.05) is 11.8 Å². The Balaban J connectivity index is 1.45. The van der Waals surface area contributed by atoms with E-state index in [1.165, 1.54) is 47.1 Å². The fourth-order valence-electron chi connectivity index (χ4n) is 7.22. The first kappa shape index (κ1) is 28.5. The molecular weight excluding hydrogens is 509 g/mol. The number of amides is 2. The highest BCUT2D eigenvalue weighted by atomic mass is 19.1. The molecule has 8 heteroatoms. The molecule has 0 bridgehead atoms. The van der Waals surface area contributed by atoms with E-state index in [1.54, 1.807) is 32.3 Å². The minimum Gasteiger partial charge on any atom is -0.387 e. The van der Waals surface area contributed by atoms with Gasteiger partial charge in [-0.05, 0) is 37.7 Å². The van der Waals surface area contributed by atoms with Gasteiger partial charge in [0.2, 0.25) is 5.91 Å². The fraction of sp³-hybridized carbons (Fsp3) is 0.594. The van der Waals surface area contributed by atoms with E-state index in [4.69, 9.17) is 0 Å². The van der Waals surface area contributed by atoms with Crippen molar-refractivity contribution in [1.82, 2.24) is 14.4 Å². The van der Waals surface area contributed by atoms with Crippen molar-refractivity contribution in [3.05, 3.63) is 58.3 Å². The first-order valence-electron chi connectivity index (χ1n) is 14.8. The molecule has 2 aromatic rings. The molecule has 3 fully saturated rings. The highest BCUT2D eigenvalue weighted by Gasteiger charge is 2.55. The van der Waals surface area contributed by atoms with Crippen molar-refractivity contribution in [1.29, 1.82) is 0 Å². The van der Waals surface area contributed by atoms with Crippen LogP contribution >= 0.6 is 0 Å². The van der Waals surface area contributed by atoms with Crippen molar-refractivity contribution in [2.45, 2.75) is 76.9 Å². The van der Waals surface area contributed by atoms with Gasteiger partial charge in [-0.3, -0.25) is 14.4 Å². The average Bonchev–Trinajstić information content (AvgIpc) is 3.38. The van der Waals surface area contributed by atoms with Crippen LogP contribution in [0.4, 0.5) is 4.39 Å². The minimum absolute atomic E-state index is 0.0246. The number of hydrogen-bond donors (Lipinski definition) is 1. The summed E-state index contributed by atoms with van der Waals surface area (Å²) in [6.07, 6.45) is 9.96. The number of halogens is 1. The van der Waals surface area contributed by atoms with E-state index >= 15 is 0 Å². The molecule has 216 valence electrons. The van der Waals surface area contributed by atoms with Gasteiger partial charge < -0.3 is 19.5 Å². The van der Waals surface area contributed by atoms with Gasteiger partial charge in [-0.2, -0.15) is 0 Å². The molecule has 5 rings (SSSR count). The molecule has 1 spiro atoms. The molecule has 3 aliphatic rings. The topological polar surface area (TPSA) is 82.8 Å². The Hall–Kier alpha value is -3.00. The SMILES string of the molecule is CC(CC1CCC1)C(=O)N1CC[C@](O)(Cn2cc(C(=O)N(C)C)c(-c3ccccc3F)cc2=O)C2(CCCC2)C1. The van der Waals surface area contributed by atoms with Crippen LogP contribution in [0.1, 0.15) is 75.1 Å². The number of carbonyl (C=O) groups excluding carboxylic acids is 2. The maximum Gasteiger partial charge on any atom is 0.255 e.